The van der Waals surface area contributed by atoms with Gasteiger partial charge in [-0.25, -0.2) is 0 Å². The maximum Gasteiger partial charge on any atom is 0.248 e. The molecule has 1 rings (SSSR count). The van der Waals surface area contributed by atoms with E-state index in [4.69, 9.17) is 5.73 Å². The van der Waals surface area contributed by atoms with Crippen molar-refractivity contribution < 1.29 is 4.79 Å². The van der Waals surface area contributed by atoms with Crippen molar-refractivity contribution in [3.63, 3.8) is 0 Å². The summed E-state index contributed by atoms with van der Waals surface area (Å²) in [5.41, 5.74) is 6.86. The summed E-state index contributed by atoms with van der Waals surface area (Å²) in [4.78, 5) is 11.1. The van der Waals surface area contributed by atoms with Crippen molar-refractivity contribution in [2.45, 2.75) is 26.2 Å². The molecule has 0 heterocycles. The van der Waals surface area contributed by atoms with Gasteiger partial charge in [0.1, 0.15) is 0 Å². The van der Waals surface area contributed by atoms with Gasteiger partial charge >= 0.3 is 0 Å². The van der Waals surface area contributed by atoms with Crippen molar-refractivity contribution in [2.75, 3.05) is 0 Å². The predicted octanol–water partition coefficient (Wildman–Crippen LogP) is 1.70. The minimum absolute atomic E-state index is 0. The third-order valence-electron chi connectivity index (χ3n) is 2.00. The molecule has 0 fully saturated rings. The van der Waals surface area contributed by atoms with E-state index in [1.807, 2.05) is 18.2 Å². The Morgan fingerprint density at radius 2 is 1.71 bits per heavy atom. The van der Waals surface area contributed by atoms with Crippen molar-refractivity contribution in [3.8, 4) is 0 Å². The van der Waals surface area contributed by atoms with Gasteiger partial charge in [0.2, 0.25) is 5.91 Å². The fourth-order valence-electron chi connectivity index (χ4n) is 1.35. The number of carbonyl (C=O) groups is 1. The summed E-state index contributed by atoms with van der Waals surface area (Å²) in [6.07, 6.45) is 0. The summed E-state index contributed by atoms with van der Waals surface area (Å²) in [5, 5.41) is 0. The van der Waals surface area contributed by atoms with Crippen LogP contribution in [0.4, 0.5) is 0 Å². The molecule has 0 aliphatic rings. The molecule has 0 unspecified atom stereocenters. The van der Waals surface area contributed by atoms with Gasteiger partial charge in [-0.1, -0.05) is 39.0 Å². The first-order valence-corrected chi connectivity index (χ1v) is 4.32. The summed E-state index contributed by atoms with van der Waals surface area (Å²) in [6.45, 7) is 6.19. The molecule has 1 radical (unpaired) electrons. The maximum absolute atomic E-state index is 11.1. The molecule has 0 bridgehead atoms. The summed E-state index contributed by atoms with van der Waals surface area (Å²) in [5.74, 6) is -0.356. The van der Waals surface area contributed by atoms with Crippen LogP contribution >= 0.6 is 0 Å². The molecule has 71 valence electrons. The van der Waals surface area contributed by atoms with Gasteiger partial charge in [-0.2, -0.15) is 0 Å². The van der Waals surface area contributed by atoms with Crippen molar-refractivity contribution in [3.05, 3.63) is 35.4 Å². The fourth-order valence-corrected chi connectivity index (χ4v) is 1.35. The first kappa shape index (κ1) is 14.3. The molecular weight excluding hydrogens is 201 g/mol. The number of rotatable bonds is 1. The van der Waals surface area contributed by atoms with Gasteiger partial charge in [0, 0.05) is 56.9 Å². The van der Waals surface area contributed by atoms with E-state index in [1.54, 1.807) is 6.07 Å². The zero-order valence-electron chi connectivity index (χ0n) is 9.29. The third-order valence-corrected chi connectivity index (χ3v) is 2.00. The van der Waals surface area contributed by atoms with Crippen LogP contribution in [-0.2, 0) is 5.41 Å². The van der Waals surface area contributed by atoms with Crippen LogP contribution in [0.25, 0.3) is 0 Å². The van der Waals surface area contributed by atoms with Gasteiger partial charge < -0.3 is 5.73 Å². The van der Waals surface area contributed by atoms with Gasteiger partial charge in [-0.15, -0.1) is 0 Å². The second kappa shape index (κ2) is 5.42. The first-order chi connectivity index (χ1) is 5.93. The maximum atomic E-state index is 11.1. The summed E-state index contributed by atoms with van der Waals surface area (Å²) in [7, 11) is 0. The molecular formula is C11H15KNO. The van der Waals surface area contributed by atoms with Crippen LogP contribution in [0.3, 0.4) is 0 Å². The van der Waals surface area contributed by atoms with Crippen LogP contribution in [-0.4, -0.2) is 57.3 Å². The standard InChI is InChI=1S/C11H15NO.K/c1-11(2,3)9-7-5-4-6-8(9)10(12)13;/h4-7H,1-3H3,(H2,12,13);. The second-order valence-corrected chi connectivity index (χ2v) is 4.16. The van der Waals surface area contributed by atoms with E-state index in [0.29, 0.717) is 5.56 Å². The second-order valence-electron chi connectivity index (χ2n) is 4.16. The number of nitrogens with two attached hydrogens (primary N) is 1. The molecule has 3 heteroatoms. The third kappa shape index (κ3) is 3.48. The smallest absolute Gasteiger partial charge is 0.248 e. The van der Waals surface area contributed by atoms with Gasteiger partial charge in [-0.05, 0) is 17.0 Å². The van der Waals surface area contributed by atoms with E-state index in [2.05, 4.69) is 20.8 Å². The number of hydrogen-bond donors (Lipinski definition) is 1. The van der Waals surface area contributed by atoms with E-state index in [9.17, 15) is 4.79 Å². The molecule has 2 N–H and O–H groups in total. The van der Waals surface area contributed by atoms with Crippen LogP contribution < -0.4 is 5.73 Å². The Kier molecular flexibility index (Phi) is 5.55. The number of hydrogen-bond acceptors (Lipinski definition) is 1. The largest absolute Gasteiger partial charge is 0.366 e. The number of benzene rings is 1. The Hall–Kier alpha value is 0.326. The minimum atomic E-state index is -0.356. The van der Waals surface area contributed by atoms with Crippen molar-refractivity contribution in [2.24, 2.45) is 5.73 Å². The van der Waals surface area contributed by atoms with Gasteiger partial charge in [0.15, 0.2) is 0 Å². The van der Waals surface area contributed by atoms with Crippen molar-refractivity contribution in [1.82, 2.24) is 0 Å². The van der Waals surface area contributed by atoms with Gasteiger partial charge in [0.25, 0.3) is 0 Å². The van der Waals surface area contributed by atoms with E-state index in [-0.39, 0.29) is 62.7 Å². The van der Waals surface area contributed by atoms with E-state index in [0.717, 1.165) is 5.56 Å². The number of carbonyl (C=O) groups excluding carboxylic acids is 1. The topological polar surface area (TPSA) is 43.1 Å². The first-order valence-electron chi connectivity index (χ1n) is 4.32. The van der Waals surface area contributed by atoms with Gasteiger partial charge in [0.05, 0.1) is 0 Å². The van der Waals surface area contributed by atoms with Crippen molar-refractivity contribution >= 4 is 57.3 Å². The number of amides is 1. The van der Waals surface area contributed by atoms with Gasteiger partial charge in [-0.3, -0.25) is 4.79 Å². The normalized spacial score (nSPS) is 10.5. The molecule has 0 saturated carbocycles. The Morgan fingerprint density at radius 1 is 1.21 bits per heavy atom. The molecule has 14 heavy (non-hydrogen) atoms. The fraction of sp³-hybridized carbons (Fsp3) is 0.364. The molecule has 0 aliphatic carbocycles. The summed E-state index contributed by atoms with van der Waals surface area (Å²) < 4.78 is 0. The van der Waals surface area contributed by atoms with E-state index in [1.165, 1.54) is 0 Å². The van der Waals surface area contributed by atoms with Crippen LogP contribution in [0, 0.1) is 0 Å². The SMILES string of the molecule is CC(C)(C)c1ccccc1C(N)=O.[K]. The number of primary amides is 1. The average Bonchev–Trinajstić information content (AvgIpc) is 2.03. The van der Waals surface area contributed by atoms with E-state index >= 15 is 0 Å². The Balaban J connectivity index is 0.00000169. The minimum Gasteiger partial charge on any atom is -0.366 e. The zero-order chi connectivity index (χ0) is 10.1. The Labute approximate surface area is 128 Å². The Bertz CT molecular complexity index is 328. The average molecular weight is 216 g/mol. The van der Waals surface area contributed by atoms with Crippen LogP contribution in [0.2, 0.25) is 0 Å². The van der Waals surface area contributed by atoms with Crippen LogP contribution in [0.5, 0.6) is 0 Å². The molecule has 1 amide bonds. The Morgan fingerprint density at radius 3 is 2.07 bits per heavy atom. The molecule has 1 aromatic carbocycles. The molecule has 0 saturated heterocycles. The summed E-state index contributed by atoms with van der Waals surface area (Å²) in [6, 6.07) is 7.46. The summed E-state index contributed by atoms with van der Waals surface area (Å²) >= 11 is 0. The molecule has 1 aromatic rings. The molecule has 0 atom stereocenters. The quantitative estimate of drug-likeness (QED) is 0.713. The van der Waals surface area contributed by atoms with Crippen molar-refractivity contribution in [1.29, 1.82) is 0 Å². The molecule has 0 spiro atoms. The monoisotopic (exact) mass is 216 g/mol. The predicted molar refractivity (Wildman–Crippen MR) is 59.4 cm³/mol. The van der Waals surface area contributed by atoms with Crippen LogP contribution in [0.15, 0.2) is 24.3 Å². The molecule has 0 aliphatic heterocycles. The molecule has 2 nitrogen and oxygen atoms in total. The molecule has 0 aromatic heterocycles. The van der Waals surface area contributed by atoms with E-state index < -0.39 is 0 Å². The zero-order valence-corrected chi connectivity index (χ0v) is 12.4. The van der Waals surface area contributed by atoms with Crippen LogP contribution in [0.1, 0.15) is 36.7 Å².